The van der Waals surface area contributed by atoms with E-state index in [4.69, 9.17) is 9.73 Å². The summed E-state index contributed by atoms with van der Waals surface area (Å²) in [6, 6.07) is 11.9. The summed E-state index contributed by atoms with van der Waals surface area (Å²) >= 11 is 0. The van der Waals surface area contributed by atoms with E-state index >= 15 is 0 Å². The molecule has 5 N–H and O–H groups in total. The van der Waals surface area contributed by atoms with Crippen molar-refractivity contribution in [1.29, 1.82) is 0 Å². The number of amides is 7. The van der Waals surface area contributed by atoms with Gasteiger partial charge in [0, 0.05) is 18.8 Å². The molecule has 2 saturated heterocycles. The van der Waals surface area contributed by atoms with E-state index in [9.17, 15) is 28.8 Å². The van der Waals surface area contributed by atoms with Crippen molar-refractivity contribution in [1.82, 2.24) is 31.1 Å². The molecule has 0 saturated carbocycles. The average Bonchev–Trinajstić information content (AvgIpc) is 3.97. The van der Waals surface area contributed by atoms with Gasteiger partial charge in [-0.3, -0.25) is 24.7 Å². The van der Waals surface area contributed by atoms with Crippen molar-refractivity contribution in [2.75, 3.05) is 39.2 Å². The van der Waals surface area contributed by atoms with Crippen LogP contribution in [0.1, 0.15) is 65.0 Å². The number of hydrogen-bond donors (Lipinski definition) is 5. The second kappa shape index (κ2) is 18.1. The molecule has 55 heavy (non-hydrogen) atoms. The number of ether oxygens (including phenoxy) is 2. The van der Waals surface area contributed by atoms with Gasteiger partial charge in [-0.1, -0.05) is 64.1 Å². The number of alkyl carbamates (subject to hydrolysis) is 2. The third kappa shape index (κ3) is 9.72. The monoisotopic (exact) mass is 760 g/mol. The first-order valence-electron chi connectivity index (χ1n) is 18.7. The van der Waals surface area contributed by atoms with E-state index in [0.717, 1.165) is 35.4 Å². The number of anilines is 1. The van der Waals surface area contributed by atoms with Crippen molar-refractivity contribution in [3.05, 3.63) is 54.1 Å². The van der Waals surface area contributed by atoms with Gasteiger partial charge in [0.1, 0.15) is 24.0 Å². The molecule has 0 radical (unpaired) electrons. The van der Waals surface area contributed by atoms with Crippen molar-refractivity contribution < 1.29 is 38.2 Å². The van der Waals surface area contributed by atoms with E-state index in [1.165, 1.54) is 19.1 Å². The number of nitrogens with one attached hydrogen (secondary N) is 5. The highest BCUT2D eigenvalue weighted by atomic mass is 16.5. The van der Waals surface area contributed by atoms with Crippen LogP contribution in [-0.4, -0.2) is 110 Å². The number of rotatable bonds is 11. The molecule has 16 heteroatoms. The number of hydrogen-bond acceptors (Lipinski definition) is 10. The summed E-state index contributed by atoms with van der Waals surface area (Å²) in [5.41, 5.74) is 3.41. The molecule has 1 unspecified atom stereocenters. The highest BCUT2D eigenvalue weighted by Gasteiger charge is 2.41. The van der Waals surface area contributed by atoms with Crippen molar-refractivity contribution >= 4 is 47.5 Å². The van der Waals surface area contributed by atoms with E-state index < -0.39 is 48.2 Å². The quantitative estimate of drug-likeness (QED) is 0.226. The van der Waals surface area contributed by atoms with Crippen LogP contribution in [0, 0.1) is 11.8 Å². The minimum absolute atomic E-state index is 0.0499. The summed E-state index contributed by atoms with van der Waals surface area (Å²) in [5.74, 6) is -0.739. The zero-order valence-corrected chi connectivity index (χ0v) is 32.2. The fourth-order valence-electron chi connectivity index (χ4n) is 7.24. The van der Waals surface area contributed by atoms with E-state index in [1.54, 1.807) is 30.9 Å². The summed E-state index contributed by atoms with van der Waals surface area (Å²) in [6.45, 7) is 8.80. The molecule has 5 atom stereocenters. The Bertz CT molecular complexity index is 1760. The van der Waals surface area contributed by atoms with Crippen molar-refractivity contribution in [2.45, 2.75) is 83.6 Å². The Hall–Kier alpha value is -5.67. The third-order valence-corrected chi connectivity index (χ3v) is 10.3. The summed E-state index contributed by atoms with van der Waals surface area (Å²) in [6.07, 6.45) is 1.23. The Morgan fingerprint density at radius 2 is 1.27 bits per heavy atom. The van der Waals surface area contributed by atoms with Gasteiger partial charge in [0.25, 0.3) is 5.91 Å². The lowest BCUT2D eigenvalue weighted by molar-refractivity contribution is -0.140. The number of nitrogens with zero attached hydrogens (tertiary/aromatic N) is 3. The molecule has 2 fully saturated rings. The highest BCUT2D eigenvalue weighted by Crippen LogP contribution is 2.28. The molecule has 3 aliphatic heterocycles. The topological polar surface area (TPSA) is 200 Å². The van der Waals surface area contributed by atoms with Crippen LogP contribution in [0.4, 0.5) is 20.1 Å². The maximum atomic E-state index is 13.5. The Morgan fingerprint density at radius 1 is 0.745 bits per heavy atom. The van der Waals surface area contributed by atoms with Crippen molar-refractivity contribution in [3.8, 4) is 11.1 Å². The van der Waals surface area contributed by atoms with Gasteiger partial charge in [0.15, 0.2) is 0 Å². The van der Waals surface area contributed by atoms with E-state index in [-0.39, 0.29) is 29.8 Å². The second-order valence-electron chi connectivity index (χ2n) is 14.7. The zero-order valence-electron chi connectivity index (χ0n) is 32.2. The average molecular weight is 761 g/mol. The Kier molecular flexibility index (Phi) is 13.3. The predicted octanol–water partition coefficient (Wildman–Crippen LogP) is 3.79. The fraction of sp³-hybridized carbons (Fsp3) is 0.513. The largest absolute Gasteiger partial charge is 0.453 e. The molecule has 0 spiro atoms. The number of benzene rings is 2. The van der Waals surface area contributed by atoms with Gasteiger partial charge in [-0.2, -0.15) is 0 Å². The molecule has 2 aromatic carbocycles. The number of amidine groups is 1. The molecular weight excluding hydrogens is 708 g/mol. The van der Waals surface area contributed by atoms with Gasteiger partial charge >= 0.3 is 18.2 Å². The molecule has 3 aliphatic rings. The number of likely N-dealkylation sites (tertiary alicyclic amines) is 2. The molecular formula is C39H52N8O8. The number of carbonyl (C=O) groups is 6. The van der Waals surface area contributed by atoms with Gasteiger partial charge < -0.3 is 40.5 Å². The third-order valence-electron chi connectivity index (χ3n) is 10.3. The van der Waals surface area contributed by atoms with Gasteiger partial charge in [-0.15, -0.1) is 0 Å². The molecule has 0 aromatic heterocycles. The summed E-state index contributed by atoms with van der Waals surface area (Å²) in [4.78, 5) is 84.4. The van der Waals surface area contributed by atoms with Crippen LogP contribution in [0.15, 0.2) is 53.5 Å². The van der Waals surface area contributed by atoms with Gasteiger partial charge in [0.05, 0.1) is 32.8 Å². The summed E-state index contributed by atoms with van der Waals surface area (Å²) in [5, 5.41) is 13.8. The van der Waals surface area contributed by atoms with Crippen LogP contribution in [0.2, 0.25) is 0 Å². The van der Waals surface area contributed by atoms with E-state index in [0.29, 0.717) is 38.2 Å². The first kappa shape index (κ1) is 40.5. The smallest absolute Gasteiger partial charge is 0.407 e. The number of urea groups is 1. The number of carbonyl (C=O) groups excluding carboxylic acids is 6. The van der Waals surface area contributed by atoms with Gasteiger partial charge in [0.2, 0.25) is 11.8 Å². The standard InChI is InChI=1S/C39H52N8O8/c1-22(2)31(43-38(52)54-5)35(49)46-19-7-9-29(46)33-40-21-28(42-33)26-13-11-24(12-14-26)25-15-17-27(18-16-25)41-37(51)45-34(48)30-10-8-20-47(30)36(50)32(23(3)4)44-39(53)55-6/h11-18,22-23,28-32H,7-10,19-21H2,1-6H3,(H,40,42)(H,43,52)(H,44,53)(H2,41,45,48,51)/t28?,29-,30-,31-,32-/m0/s1. The number of aliphatic imine (C=N–C) groups is 1. The Morgan fingerprint density at radius 3 is 1.84 bits per heavy atom. The molecule has 2 aromatic rings. The van der Waals surface area contributed by atoms with Crippen LogP contribution >= 0.6 is 0 Å². The Labute approximate surface area is 321 Å². The van der Waals surface area contributed by atoms with Crippen LogP contribution in [0.5, 0.6) is 0 Å². The maximum Gasteiger partial charge on any atom is 0.407 e. The second-order valence-corrected chi connectivity index (χ2v) is 14.7. The van der Waals surface area contributed by atoms with Crippen LogP contribution < -0.4 is 26.6 Å². The van der Waals surface area contributed by atoms with Crippen molar-refractivity contribution in [2.24, 2.45) is 16.8 Å². The van der Waals surface area contributed by atoms with Crippen LogP contribution in [0.3, 0.4) is 0 Å². The SMILES string of the molecule is COC(=O)N[C@H](C(=O)N1CCC[C@H]1C(=O)NC(=O)Nc1ccc(-c2ccc(C3CN=C([C@@H]4CCCN4C(=O)[C@@H](NC(=O)OC)C(C)C)N3)cc2)cc1)C(C)C. The summed E-state index contributed by atoms with van der Waals surface area (Å²) in [7, 11) is 2.49. The lowest BCUT2D eigenvalue weighted by Gasteiger charge is -2.31. The highest BCUT2D eigenvalue weighted by molar-refractivity contribution is 6.04. The zero-order chi connectivity index (χ0) is 39.8. The molecule has 296 valence electrons. The van der Waals surface area contributed by atoms with Gasteiger partial charge in [-0.25, -0.2) is 14.4 Å². The minimum atomic E-state index is -0.875. The first-order chi connectivity index (χ1) is 26.3. The molecule has 7 amide bonds. The first-order valence-corrected chi connectivity index (χ1v) is 18.7. The van der Waals surface area contributed by atoms with Gasteiger partial charge in [-0.05, 0) is 66.3 Å². The molecule has 3 heterocycles. The van der Waals surface area contributed by atoms with Crippen LogP contribution in [-0.2, 0) is 23.9 Å². The molecule has 0 bridgehead atoms. The summed E-state index contributed by atoms with van der Waals surface area (Å²) < 4.78 is 9.39. The lowest BCUT2D eigenvalue weighted by Crippen LogP contribution is -2.55. The number of methoxy groups -OCH3 is 2. The van der Waals surface area contributed by atoms with E-state index in [1.807, 2.05) is 50.2 Å². The lowest BCUT2D eigenvalue weighted by atomic mass is 10.0. The normalized spacial score (nSPS) is 20.3. The molecule has 16 nitrogen and oxygen atoms in total. The Balaban J connectivity index is 1.13. The predicted molar refractivity (Wildman–Crippen MR) is 205 cm³/mol. The molecule has 0 aliphatic carbocycles. The van der Waals surface area contributed by atoms with Crippen molar-refractivity contribution in [3.63, 3.8) is 0 Å². The fourth-order valence-corrected chi connectivity index (χ4v) is 7.24. The number of imide groups is 1. The minimum Gasteiger partial charge on any atom is -0.453 e. The van der Waals surface area contributed by atoms with Crippen LogP contribution in [0.25, 0.3) is 11.1 Å². The maximum absolute atomic E-state index is 13.5. The van der Waals surface area contributed by atoms with E-state index in [2.05, 4.69) is 31.3 Å². The molecule has 5 rings (SSSR count).